The molecule has 154 valence electrons. The van der Waals surface area contributed by atoms with Crippen molar-refractivity contribution in [1.82, 2.24) is 10.4 Å². The molecule has 1 N–H and O–H groups in total. The first kappa shape index (κ1) is 21.9. The Morgan fingerprint density at radius 1 is 1.10 bits per heavy atom. The molecule has 3 rings (SSSR count). The number of carbonyl (C=O) groups is 1. The SMILES string of the molecule is COc1cc(/C=N\NC(=O)c2ccncc2)cc(Cl)c1OCc1c(Cl)cccc1Cl. The summed E-state index contributed by atoms with van der Waals surface area (Å²) < 4.78 is 11.2. The molecule has 0 aliphatic heterocycles. The molecule has 0 atom stereocenters. The molecule has 1 aromatic heterocycles. The van der Waals surface area contributed by atoms with Crippen LogP contribution in [-0.2, 0) is 6.61 Å². The van der Waals surface area contributed by atoms with Gasteiger partial charge in [-0.2, -0.15) is 5.10 Å². The molecule has 0 spiro atoms. The molecule has 0 aliphatic carbocycles. The van der Waals surface area contributed by atoms with Gasteiger partial charge in [0.25, 0.3) is 5.91 Å². The summed E-state index contributed by atoms with van der Waals surface area (Å²) in [6.45, 7) is 0.115. The number of nitrogens with one attached hydrogen (secondary N) is 1. The van der Waals surface area contributed by atoms with Crippen molar-refractivity contribution in [2.75, 3.05) is 7.11 Å². The topological polar surface area (TPSA) is 72.8 Å². The van der Waals surface area contributed by atoms with Crippen molar-refractivity contribution in [3.8, 4) is 11.5 Å². The van der Waals surface area contributed by atoms with Gasteiger partial charge in [-0.25, -0.2) is 5.43 Å². The summed E-state index contributed by atoms with van der Waals surface area (Å²) in [6.07, 6.45) is 4.50. The number of pyridine rings is 1. The van der Waals surface area contributed by atoms with E-state index in [1.807, 2.05) is 0 Å². The lowest BCUT2D eigenvalue weighted by molar-refractivity contribution is 0.0955. The van der Waals surface area contributed by atoms with Crippen LogP contribution in [0.1, 0.15) is 21.5 Å². The molecule has 3 aromatic rings. The number of nitrogens with zero attached hydrogens (tertiary/aromatic N) is 2. The maximum atomic E-state index is 12.0. The average Bonchev–Trinajstić information content (AvgIpc) is 2.74. The highest BCUT2D eigenvalue weighted by atomic mass is 35.5. The molecule has 1 heterocycles. The van der Waals surface area contributed by atoms with E-state index < -0.39 is 0 Å². The second-order valence-electron chi connectivity index (χ2n) is 5.96. The molecular formula is C21H16Cl3N3O3. The van der Waals surface area contributed by atoms with Crippen LogP contribution in [0.4, 0.5) is 0 Å². The monoisotopic (exact) mass is 463 g/mol. The summed E-state index contributed by atoms with van der Waals surface area (Å²) in [6, 6.07) is 11.7. The third kappa shape index (κ3) is 5.42. The quantitative estimate of drug-likeness (QED) is 0.376. The summed E-state index contributed by atoms with van der Waals surface area (Å²) in [5.74, 6) is 0.379. The Bertz CT molecular complexity index is 1060. The number of methoxy groups -OCH3 is 1. The molecule has 2 aromatic carbocycles. The summed E-state index contributed by atoms with van der Waals surface area (Å²) in [7, 11) is 1.49. The van der Waals surface area contributed by atoms with E-state index in [2.05, 4.69) is 15.5 Å². The Hall–Kier alpha value is -2.80. The fourth-order valence-corrected chi connectivity index (χ4v) is 3.28. The number of carbonyl (C=O) groups excluding carboxylic acids is 1. The van der Waals surface area contributed by atoms with E-state index in [1.54, 1.807) is 42.5 Å². The molecular weight excluding hydrogens is 449 g/mol. The van der Waals surface area contributed by atoms with E-state index in [0.717, 1.165) is 0 Å². The highest BCUT2D eigenvalue weighted by Crippen LogP contribution is 2.37. The zero-order valence-electron chi connectivity index (χ0n) is 15.7. The van der Waals surface area contributed by atoms with Gasteiger partial charge in [-0.05, 0) is 42.0 Å². The highest BCUT2D eigenvalue weighted by Gasteiger charge is 2.14. The standard InChI is InChI=1S/C21H16Cl3N3O3/c1-29-19-10-13(11-26-27-21(28)14-5-7-25-8-6-14)9-18(24)20(19)30-12-15-16(22)3-2-4-17(15)23/h2-11H,12H2,1H3,(H,27,28)/b26-11-. The first-order valence-corrected chi connectivity index (χ1v) is 9.79. The van der Waals surface area contributed by atoms with Gasteiger partial charge in [0.2, 0.25) is 0 Å². The van der Waals surface area contributed by atoms with Crippen LogP contribution in [0.5, 0.6) is 11.5 Å². The lowest BCUT2D eigenvalue weighted by Gasteiger charge is -2.14. The number of amides is 1. The van der Waals surface area contributed by atoms with Crippen LogP contribution in [0.15, 0.2) is 60.0 Å². The third-order valence-corrected chi connectivity index (χ3v) is 4.99. The van der Waals surface area contributed by atoms with Crippen LogP contribution in [0.3, 0.4) is 0 Å². The van der Waals surface area contributed by atoms with Crippen molar-refractivity contribution in [3.63, 3.8) is 0 Å². The fourth-order valence-electron chi connectivity index (χ4n) is 2.50. The second kappa shape index (κ2) is 10.3. The highest BCUT2D eigenvalue weighted by molar-refractivity contribution is 6.36. The van der Waals surface area contributed by atoms with Crippen LogP contribution in [0.2, 0.25) is 15.1 Å². The zero-order valence-corrected chi connectivity index (χ0v) is 18.0. The minimum absolute atomic E-state index is 0.115. The molecule has 0 unspecified atom stereocenters. The van der Waals surface area contributed by atoms with E-state index >= 15 is 0 Å². The van der Waals surface area contributed by atoms with E-state index in [0.29, 0.717) is 43.3 Å². The Labute approximate surface area is 188 Å². The average molecular weight is 465 g/mol. The first-order chi connectivity index (χ1) is 14.5. The van der Waals surface area contributed by atoms with Crippen LogP contribution >= 0.6 is 34.8 Å². The van der Waals surface area contributed by atoms with E-state index in [4.69, 9.17) is 44.3 Å². The Morgan fingerprint density at radius 2 is 1.80 bits per heavy atom. The molecule has 0 bridgehead atoms. The predicted molar refractivity (Wildman–Crippen MR) is 118 cm³/mol. The van der Waals surface area contributed by atoms with Gasteiger partial charge in [0.15, 0.2) is 11.5 Å². The molecule has 0 aliphatic rings. The van der Waals surface area contributed by atoms with Gasteiger partial charge < -0.3 is 9.47 Å². The van der Waals surface area contributed by atoms with Crippen molar-refractivity contribution in [2.45, 2.75) is 6.61 Å². The maximum absolute atomic E-state index is 12.0. The fraction of sp³-hybridized carbons (Fsp3) is 0.0952. The summed E-state index contributed by atoms with van der Waals surface area (Å²) >= 11 is 18.7. The largest absolute Gasteiger partial charge is 0.493 e. The number of aromatic nitrogens is 1. The number of halogens is 3. The molecule has 0 saturated heterocycles. The third-order valence-electron chi connectivity index (χ3n) is 4.00. The van der Waals surface area contributed by atoms with Gasteiger partial charge in [-0.3, -0.25) is 9.78 Å². The molecule has 6 nitrogen and oxygen atoms in total. The van der Waals surface area contributed by atoms with Crippen LogP contribution in [-0.4, -0.2) is 24.2 Å². The van der Waals surface area contributed by atoms with Crippen molar-refractivity contribution in [2.24, 2.45) is 5.10 Å². The van der Waals surface area contributed by atoms with Crippen molar-refractivity contribution >= 4 is 46.9 Å². The summed E-state index contributed by atoms with van der Waals surface area (Å²) in [5, 5.41) is 5.23. The minimum Gasteiger partial charge on any atom is -0.493 e. The lowest BCUT2D eigenvalue weighted by Crippen LogP contribution is -2.17. The van der Waals surface area contributed by atoms with Crippen molar-refractivity contribution in [1.29, 1.82) is 0 Å². The second-order valence-corrected chi connectivity index (χ2v) is 7.18. The molecule has 0 saturated carbocycles. The molecule has 0 radical (unpaired) electrons. The van der Waals surface area contributed by atoms with Gasteiger partial charge >= 0.3 is 0 Å². The van der Waals surface area contributed by atoms with Gasteiger partial charge in [0.1, 0.15) is 6.61 Å². The Balaban J connectivity index is 1.73. The van der Waals surface area contributed by atoms with Crippen LogP contribution in [0, 0.1) is 0 Å². The Morgan fingerprint density at radius 3 is 2.47 bits per heavy atom. The van der Waals surface area contributed by atoms with Crippen LogP contribution in [0.25, 0.3) is 0 Å². The van der Waals surface area contributed by atoms with Crippen molar-refractivity contribution in [3.05, 3.63) is 86.6 Å². The lowest BCUT2D eigenvalue weighted by atomic mass is 10.2. The van der Waals surface area contributed by atoms with Gasteiger partial charge in [0, 0.05) is 33.6 Å². The van der Waals surface area contributed by atoms with Crippen molar-refractivity contribution < 1.29 is 14.3 Å². The van der Waals surface area contributed by atoms with Gasteiger partial charge in [0.05, 0.1) is 18.3 Å². The number of hydrogen-bond acceptors (Lipinski definition) is 5. The van der Waals surface area contributed by atoms with E-state index in [9.17, 15) is 4.79 Å². The maximum Gasteiger partial charge on any atom is 0.271 e. The number of rotatable bonds is 7. The molecule has 1 amide bonds. The number of hydrogen-bond donors (Lipinski definition) is 1. The number of hydrazone groups is 1. The normalized spacial score (nSPS) is 10.8. The van der Waals surface area contributed by atoms with Crippen LogP contribution < -0.4 is 14.9 Å². The molecule has 9 heteroatoms. The molecule has 0 fully saturated rings. The summed E-state index contributed by atoms with van der Waals surface area (Å²) in [5.41, 5.74) is 4.13. The van der Waals surface area contributed by atoms with E-state index in [-0.39, 0.29) is 12.5 Å². The van der Waals surface area contributed by atoms with Gasteiger partial charge in [-0.15, -0.1) is 0 Å². The Kier molecular flexibility index (Phi) is 7.52. The predicted octanol–water partition coefficient (Wildman–Crippen LogP) is 5.39. The minimum atomic E-state index is -0.358. The number of ether oxygens (including phenoxy) is 2. The van der Waals surface area contributed by atoms with Gasteiger partial charge in [-0.1, -0.05) is 40.9 Å². The smallest absolute Gasteiger partial charge is 0.271 e. The van der Waals surface area contributed by atoms with E-state index in [1.165, 1.54) is 25.7 Å². The zero-order chi connectivity index (χ0) is 21.5. The first-order valence-electron chi connectivity index (χ1n) is 8.66. The molecule has 30 heavy (non-hydrogen) atoms. The summed E-state index contributed by atoms with van der Waals surface area (Å²) in [4.78, 5) is 15.9. The number of benzene rings is 2.